The average molecular weight is 391 g/mol. The van der Waals surface area contributed by atoms with Gasteiger partial charge in [-0.05, 0) is 54.5 Å². The number of anilines is 1. The van der Waals surface area contributed by atoms with Crippen molar-refractivity contribution in [3.63, 3.8) is 0 Å². The molecule has 1 amide bonds. The molecule has 3 rings (SSSR count). The fraction of sp³-hybridized carbons (Fsp3) is 0.381. The highest BCUT2D eigenvalue weighted by molar-refractivity contribution is 5.86. The number of alkyl halides is 2. The van der Waals surface area contributed by atoms with Gasteiger partial charge in [-0.15, -0.1) is 0 Å². The van der Waals surface area contributed by atoms with E-state index in [4.69, 9.17) is 4.74 Å². The van der Waals surface area contributed by atoms with E-state index < -0.39 is 12.5 Å². The van der Waals surface area contributed by atoms with E-state index in [2.05, 4.69) is 4.74 Å². The van der Waals surface area contributed by atoms with Gasteiger partial charge in [0.1, 0.15) is 12.4 Å². The number of hydroxylamine groups is 1. The summed E-state index contributed by atoms with van der Waals surface area (Å²) in [6, 6.07) is 9.94. The van der Waals surface area contributed by atoms with Crippen LogP contribution in [0.15, 0.2) is 36.4 Å². The number of methoxy groups -OCH3 is 1. The minimum Gasteiger partial charge on any atom is -0.488 e. The Morgan fingerprint density at radius 3 is 2.64 bits per heavy atom. The molecule has 0 aliphatic heterocycles. The standard InChI is InChI=1S/C21H23F2NO4/c1-3-13-7-10-19(16(11-13)20(22)23)28-12-17-15(14-8-9-14)5-4-6-18(17)24(26)21(25)27-2/h4-7,10-11,14,20,26H,3,8-9,12H2,1-2H3. The molecule has 1 aliphatic carbocycles. The maximum Gasteiger partial charge on any atom is 0.438 e. The third-order valence-corrected chi connectivity index (χ3v) is 4.87. The molecule has 0 spiro atoms. The topological polar surface area (TPSA) is 59.0 Å². The molecule has 7 heteroatoms. The highest BCUT2D eigenvalue weighted by Gasteiger charge is 2.29. The molecule has 0 unspecified atom stereocenters. The van der Waals surface area contributed by atoms with Crippen LogP contribution in [0.1, 0.15) is 54.4 Å². The summed E-state index contributed by atoms with van der Waals surface area (Å²) in [4.78, 5) is 11.8. The monoisotopic (exact) mass is 391 g/mol. The summed E-state index contributed by atoms with van der Waals surface area (Å²) < 4.78 is 37.2. The molecular weight excluding hydrogens is 368 g/mol. The molecule has 28 heavy (non-hydrogen) atoms. The Hall–Kier alpha value is -2.67. The van der Waals surface area contributed by atoms with Gasteiger partial charge in [-0.2, -0.15) is 5.06 Å². The number of rotatable bonds is 7. The Labute approximate surface area is 162 Å². The van der Waals surface area contributed by atoms with Crippen molar-refractivity contribution >= 4 is 11.8 Å². The van der Waals surface area contributed by atoms with Crippen molar-refractivity contribution in [2.24, 2.45) is 0 Å². The molecule has 0 saturated heterocycles. The summed E-state index contributed by atoms with van der Waals surface area (Å²) in [5, 5.41) is 10.6. The van der Waals surface area contributed by atoms with E-state index >= 15 is 0 Å². The van der Waals surface area contributed by atoms with Crippen molar-refractivity contribution in [3.05, 3.63) is 58.7 Å². The highest BCUT2D eigenvalue weighted by atomic mass is 19.3. The zero-order valence-corrected chi connectivity index (χ0v) is 15.8. The van der Waals surface area contributed by atoms with Gasteiger partial charge in [0.2, 0.25) is 0 Å². The molecule has 1 aliphatic rings. The zero-order chi connectivity index (χ0) is 20.3. The van der Waals surface area contributed by atoms with Crippen molar-refractivity contribution in [1.82, 2.24) is 0 Å². The number of carbonyl (C=O) groups excluding carboxylic acids is 1. The molecule has 5 nitrogen and oxygen atoms in total. The van der Waals surface area contributed by atoms with Gasteiger partial charge in [0.15, 0.2) is 0 Å². The van der Waals surface area contributed by atoms with Gasteiger partial charge in [-0.1, -0.05) is 25.1 Å². The van der Waals surface area contributed by atoms with E-state index in [0.717, 1.165) is 31.1 Å². The van der Waals surface area contributed by atoms with Crippen molar-refractivity contribution < 1.29 is 28.3 Å². The first-order valence-corrected chi connectivity index (χ1v) is 9.18. The number of nitrogens with zero attached hydrogens (tertiary/aromatic N) is 1. The number of benzene rings is 2. The molecule has 2 aromatic carbocycles. The molecule has 0 radical (unpaired) electrons. The van der Waals surface area contributed by atoms with E-state index in [9.17, 15) is 18.8 Å². The summed E-state index contributed by atoms with van der Waals surface area (Å²) in [5.74, 6) is 0.396. The number of amides is 1. The quantitative estimate of drug-likeness (QED) is 0.493. The normalized spacial score (nSPS) is 13.5. The van der Waals surface area contributed by atoms with Crippen LogP contribution < -0.4 is 9.80 Å². The van der Waals surface area contributed by atoms with Crippen molar-refractivity contribution in [2.45, 2.75) is 45.1 Å². The van der Waals surface area contributed by atoms with Crippen LogP contribution in [0.5, 0.6) is 5.75 Å². The van der Waals surface area contributed by atoms with E-state index in [1.165, 1.54) is 12.1 Å². The zero-order valence-electron chi connectivity index (χ0n) is 15.8. The largest absolute Gasteiger partial charge is 0.488 e. The van der Waals surface area contributed by atoms with Crippen LogP contribution in [0.3, 0.4) is 0 Å². The van der Waals surface area contributed by atoms with Gasteiger partial charge in [-0.25, -0.2) is 13.6 Å². The third-order valence-electron chi connectivity index (χ3n) is 4.87. The smallest absolute Gasteiger partial charge is 0.438 e. The van der Waals surface area contributed by atoms with Crippen LogP contribution in [-0.4, -0.2) is 18.4 Å². The lowest BCUT2D eigenvalue weighted by atomic mass is 10.0. The van der Waals surface area contributed by atoms with Gasteiger partial charge in [0.25, 0.3) is 6.43 Å². The summed E-state index contributed by atoms with van der Waals surface area (Å²) in [5.41, 5.74) is 2.37. The maximum absolute atomic E-state index is 13.5. The number of ether oxygens (including phenoxy) is 2. The number of hydrogen-bond donors (Lipinski definition) is 1. The summed E-state index contributed by atoms with van der Waals surface area (Å²) in [6.07, 6.45) is -0.965. The molecule has 150 valence electrons. The average Bonchev–Trinajstić information content (AvgIpc) is 3.55. The molecule has 2 aromatic rings. The summed E-state index contributed by atoms with van der Waals surface area (Å²) >= 11 is 0. The Kier molecular flexibility index (Phi) is 6.14. The maximum atomic E-state index is 13.5. The van der Waals surface area contributed by atoms with Gasteiger partial charge in [-0.3, -0.25) is 5.21 Å². The second kappa shape index (κ2) is 8.56. The molecule has 0 atom stereocenters. The van der Waals surface area contributed by atoms with E-state index in [-0.39, 0.29) is 23.6 Å². The SMILES string of the molecule is CCc1ccc(OCc2c(C3CC3)cccc2N(O)C(=O)OC)c(C(F)F)c1. The van der Waals surface area contributed by atoms with Crippen LogP contribution in [0, 0.1) is 0 Å². The molecular formula is C21H23F2NO4. The number of carbonyl (C=O) groups is 1. The number of halogens is 2. The van der Waals surface area contributed by atoms with Crippen LogP contribution in [0.2, 0.25) is 0 Å². The van der Waals surface area contributed by atoms with Crippen molar-refractivity contribution in [3.8, 4) is 5.75 Å². The lowest BCUT2D eigenvalue weighted by Gasteiger charge is -2.21. The van der Waals surface area contributed by atoms with E-state index in [0.29, 0.717) is 23.0 Å². The summed E-state index contributed by atoms with van der Waals surface area (Å²) in [7, 11) is 1.16. The van der Waals surface area contributed by atoms with Gasteiger partial charge in [0.05, 0.1) is 18.4 Å². The predicted octanol–water partition coefficient (Wildman–Crippen LogP) is 5.61. The lowest BCUT2D eigenvalue weighted by molar-refractivity contribution is 0.140. The van der Waals surface area contributed by atoms with Crippen LogP contribution in [-0.2, 0) is 17.8 Å². The molecule has 1 fully saturated rings. The van der Waals surface area contributed by atoms with E-state index in [1.54, 1.807) is 18.2 Å². The second-order valence-corrected chi connectivity index (χ2v) is 6.72. The minimum absolute atomic E-state index is 0.0543. The van der Waals surface area contributed by atoms with Gasteiger partial charge < -0.3 is 9.47 Å². The van der Waals surface area contributed by atoms with Crippen LogP contribution in [0.4, 0.5) is 19.3 Å². The Bertz CT molecular complexity index is 852. The highest BCUT2D eigenvalue weighted by Crippen LogP contribution is 2.44. The molecule has 0 aromatic heterocycles. The Morgan fingerprint density at radius 1 is 1.29 bits per heavy atom. The second-order valence-electron chi connectivity index (χ2n) is 6.72. The van der Waals surface area contributed by atoms with Crippen LogP contribution in [0.25, 0.3) is 0 Å². The number of hydrogen-bond acceptors (Lipinski definition) is 4. The van der Waals surface area contributed by atoms with Gasteiger partial charge >= 0.3 is 6.09 Å². The minimum atomic E-state index is -2.66. The first kappa shape index (κ1) is 20.1. The van der Waals surface area contributed by atoms with E-state index in [1.807, 2.05) is 13.0 Å². The Morgan fingerprint density at radius 2 is 2.04 bits per heavy atom. The third kappa shape index (κ3) is 4.25. The fourth-order valence-corrected chi connectivity index (χ4v) is 3.18. The first-order valence-electron chi connectivity index (χ1n) is 9.18. The van der Waals surface area contributed by atoms with Crippen molar-refractivity contribution in [2.75, 3.05) is 12.2 Å². The summed E-state index contributed by atoms with van der Waals surface area (Å²) in [6.45, 7) is 1.84. The van der Waals surface area contributed by atoms with Crippen molar-refractivity contribution in [1.29, 1.82) is 0 Å². The number of aryl methyl sites for hydroxylation is 1. The predicted molar refractivity (Wildman–Crippen MR) is 100 cm³/mol. The molecule has 0 bridgehead atoms. The molecule has 1 N–H and O–H groups in total. The van der Waals surface area contributed by atoms with Gasteiger partial charge in [0, 0.05) is 5.56 Å². The first-order chi connectivity index (χ1) is 13.5. The Balaban J connectivity index is 1.93. The van der Waals surface area contributed by atoms with Crippen LogP contribution >= 0.6 is 0 Å². The molecule has 1 saturated carbocycles. The lowest BCUT2D eigenvalue weighted by Crippen LogP contribution is -2.28. The molecule has 0 heterocycles. The fourth-order valence-electron chi connectivity index (χ4n) is 3.18.